The molecule has 4 heteroatoms. The summed E-state index contributed by atoms with van der Waals surface area (Å²) in [4.78, 5) is 7.17. The molecule has 1 saturated heterocycles. The summed E-state index contributed by atoms with van der Waals surface area (Å²) in [6.07, 6.45) is 6.28. The van der Waals surface area contributed by atoms with Crippen LogP contribution in [0.3, 0.4) is 0 Å². The number of halogens is 1. The molecule has 2 heterocycles. The van der Waals surface area contributed by atoms with Gasteiger partial charge in [0.25, 0.3) is 0 Å². The summed E-state index contributed by atoms with van der Waals surface area (Å²) in [5.74, 6) is 0.800. The second-order valence-electron chi connectivity index (χ2n) is 7.16. The topological polar surface area (TPSA) is 36.4 Å². The van der Waals surface area contributed by atoms with Crippen LogP contribution in [-0.2, 0) is 0 Å². The number of fused-ring (bicyclic) bond motifs is 2. The zero-order valence-corrected chi connectivity index (χ0v) is 15.2. The van der Waals surface area contributed by atoms with Crippen LogP contribution in [0.15, 0.2) is 36.5 Å². The largest absolute Gasteiger partial charge is 0.392 e. The number of pyridine rings is 1. The minimum Gasteiger partial charge on any atom is -0.392 e. The predicted molar refractivity (Wildman–Crippen MR) is 103 cm³/mol. The van der Waals surface area contributed by atoms with E-state index < -0.39 is 0 Å². The Hall–Kier alpha value is -1.68. The molecule has 1 aliphatic heterocycles. The number of hydrogen-bond donors (Lipinski definition) is 1. The molecule has 0 amide bonds. The third-order valence-corrected chi connectivity index (χ3v) is 5.83. The van der Waals surface area contributed by atoms with E-state index in [2.05, 4.69) is 30.2 Å². The zero-order chi connectivity index (χ0) is 17.4. The maximum atomic E-state index is 9.97. The summed E-state index contributed by atoms with van der Waals surface area (Å²) in [5.41, 5.74) is 5.47. The van der Waals surface area contributed by atoms with Crippen molar-refractivity contribution in [3.63, 3.8) is 0 Å². The Bertz CT molecular complexity index is 809. The number of aliphatic hydroxyl groups is 1. The van der Waals surface area contributed by atoms with E-state index in [4.69, 9.17) is 16.6 Å². The Labute approximate surface area is 154 Å². The smallest absolute Gasteiger partial charge is 0.0688 e. The van der Waals surface area contributed by atoms with E-state index in [9.17, 15) is 5.11 Å². The van der Waals surface area contributed by atoms with E-state index >= 15 is 0 Å². The molecule has 1 aromatic carbocycles. The van der Waals surface area contributed by atoms with Gasteiger partial charge in [0.1, 0.15) is 0 Å². The van der Waals surface area contributed by atoms with Crippen molar-refractivity contribution < 1.29 is 5.11 Å². The van der Waals surface area contributed by atoms with Gasteiger partial charge in [-0.1, -0.05) is 23.7 Å². The van der Waals surface area contributed by atoms with Crippen LogP contribution in [0.5, 0.6) is 0 Å². The Morgan fingerprint density at radius 2 is 2.04 bits per heavy atom. The highest BCUT2D eigenvalue weighted by atomic mass is 35.5. The predicted octanol–water partition coefficient (Wildman–Crippen LogP) is 4.06. The lowest BCUT2D eigenvalue weighted by atomic mass is 9.76. The molecule has 1 aliphatic carbocycles. The van der Waals surface area contributed by atoms with Gasteiger partial charge in [-0.2, -0.15) is 0 Å². The number of aliphatic hydroxyl groups excluding tert-OH is 1. The maximum absolute atomic E-state index is 9.97. The summed E-state index contributed by atoms with van der Waals surface area (Å²) < 4.78 is 0. The first kappa shape index (κ1) is 16.8. The molecule has 1 fully saturated rings. The Morgan fingerprint density at radius 1 is 1.24 bits per heavy atom. The molecule has 0 bridgehead atoms. The van der Waals surface area contributed by atoms with E-state index in [0.717, 1.165) is 48.3 Å². The van der Waals surface area contributed by atoms with Crippen LogP contribution in [0.25, 0.3) is 11.6 Å². The quantitative estimate of drug-likeness (QED) is 0.883. The molecule has 130 valence electrons. The molecule has 1 atom stereocenters. The van der Waals surface area contributed by atoms with Crippen LogP contribution in [0, 0.1) is 5.92 Å². The van der Waals surface area contributed by atoms with Gasteiger partial charge < -0.3 is 10.0 Å². The average Bonchev–Trinajstić information content (AvgIpc) is 2.76. The number of rotatable bonds is 2. The first-order valence-electron chi connectivity index (χ1n) is 8.92. The Morgan fingerprint density at radius 3 is 2.80 bits per heavy atom. The van der Waals surface area contributed by atoms with Gasteiger partial charge in [-0.05, 0) is 85.4 Å². The summed E-state index contributed by atoms with van der Waals surface area (Å²) >= 11 is 6.28. The van der Waals surface area contributed by atoms with E-state index in [1.165, 1.54) is 5.56 Å². The average molecular weight is 355 g/mol. The first-order valence-corrected chi connectivity index (χ1v) is 9.30. The lowest BCUT2D eigenvalue weighted by molar-refractivity contribution is 0.206. The van der Waals surface area contributed by atoms with Crippen molar-refractivity contribution in [2.45, 2.75) is 18.8 Å². The van der Waals surface area contributed by atoms with Gasteiger partial charge >= 0.3 is 0 Å². The minimum absolute atomic E-state index is 0.00179. The van der Waals surface area contributed by atoms with Crippen molar-refractivity contribution in [3.8, 4) is 0 Å². The van der Waals surface area contributed by atoms with Crippen LogP contribution < -0.4 is 0 Å². The SMILES string of the molecule is CN1CCC(C2c3ccc(Cl)cc3C(CO)=Cc3cccnc32)CC1. The normalized spacial score (nSPS) is 21.2. The number of nitrogens with zero attached hydrogens (tertiary/aromatic N) is 2. The van der Waals surface area contributed by atoms with Crippen LogP contribution in [0.1, 0.15) is 41.1 Å². The number of piperidine rings is 1. The van der Waals surface area contributed by atoms with Crippen molar-refractivity contribution >= 4 is 23.3 Å². The highest BCUT2D eigenvalue weighted by Gasteiger charge is 2.33. The third-order valence-electron chi connectivity index (χ3n) is 5.60. The minimum atomic E-state index is 0.00179. The Balaban J connectivity index is 1.90. The molecular weight excluding hydrogens is 332 g/mol. The molecule has 0 radical (unpaired) electrons. The van der Waals surface area contributed by atoms with E-state index in [1.807, 2.05) is 24.4 Å². The molecular formula is C21H23ClN2O. The van der Waals surface area contributed by atoms with Gasteiger partial charge in [0.05, 0.1) is 12.3 Å². The molecule has 3 nitrogen and oxygen atoms in total. The molecule has 0 spiro atoms. The Kier molecular flexibility index (Phi) is 4.63. The molecule has 1 N–H and O–H groups in total. The van der Waals surface area contributed by atoms with Crippen molar-refractivity contribution in [1.82, 2.24) is 9.88 Å². The van der Waals surface area contributed by atoms with Crippen molar-refractivity contribution in [3.05, 3.63) is 63.9 Å². The van der Waals surface area contributed by atoms with Crippen LogP contribution >= 0.6 is 11.6 Å². The van der Waals surface area contributed by atoms with E-state index in [-0.39, 0.29) is 12.5 Å². The number of hydrogen-bond acceptors (Lipinski definition) is 3. The van der Waals surface area contributed by atoms with Crippen LogP contribution in [0.4, 0.5) is 0 Å². The van der Waals surface area contributed by atoms with Gasteiger partial charge in [0.15, 0.2) is 0 Å². The van der Waals surface area contributed by atoms with Crippen molar-refractivity contribution in [1.29, 1.82) is 0 Å². The lowest BCUT2D eigenvalue weighted by Crippen LogP contribution is -2.33. The monoisotopic (exact) mass is 354 g/mol. The fraction of sp³-hybridized carbons (Fsp3) is 0.381. The fourth-order valence-electron chi connectivity index (χ4n) is 4.27. The van der Waals surface area contributed by atoms with Gasteiger partial charge in [0, 0.05) is 17.1 Å². The lowest BCUT2D eigenvalue weighted by Gasteiger charge is -2.35. The van der Waals surface area contributed by atoms with Crippen LogP contribution in [-0.4, -0.2) is 41.7 Å². The van der Waals surface area contributed by atoms with Crippen molar-refractivity contribution in [2.75, 3.05) is 26.7 Å². The standard InChI is InChI=1S/C21H23ClN2O/c1-24-9-6-14(7-10-24)20-18-5-4-17(22)12-19(18)16(13-25)11-15-3-2-8-23-21(15)20/h2-5,8,11-12,14,20,25H,6-7,9-10,13H2,1H3. The summed E-state index contributed by atoms with van der Waals surface area (Å²) in [6, 6.07) is 10.2. The number of benzene rings is 1. The second-order valence-corrected chi connectivity index (χ2v) is 7.59. The van der Waals surface area contributed by atoms with Gasteiger partial charge in [-0.3, -0.25) is 4.98 Å². The molecule has 0 saturated carbocycles. The van der Waals surface area contributed by atoms with E-state index in [1.54, 1.807) is 0 Å². The van der Waals surface area contributed by atoms with Crippen molar-refractivity contribution in [2.24, 2.45) is 5.92 Å². The second kappa shape index (κ2) is 6.91. The molecule has 2 aromatic rings. The van der Waals surface area contributed by atoms with E-state index in [0.29, 0.717) is 10.9 Å². The molecule has 25 heavy (non-hydrogen) atoms. The fourth-order valence-corrected chi connectivity index (χ4v) is 4.44. The molecule has 1 aromatic heterocycles. The van der Waals surface area contributed by atoms with Crippen LogP contribution in [0.2, 0.25) is 5.02 Å². The molecule has 1 unspecified atom stereocenters. The maximum Gasteiger partial charge on any atom is 0.0688 e. The zero-order valence-electron chi connectivity index (χ0n) is 14.5. The summed E-state index contributed by atoms with van der Waals surface area (Å²) in [6.45, 7) is 2.24. The number of likely N-dealkylation sites (tertiary alicyclic amines) is 1. The molecule has 4 rings (SSSR count). The third kappa shape index (κ3) is 3.12. The first-order chi connectivity index (χ1) is 12.2. The number of aromatic nitrogens is 1. The highest BCUT2D eigenvalue weighted by Crippen LogP contribution is 2.44. The summed E-state index contributed by atoms with van der Waals surface area (Å²) in [7, 11) is 2.19. The summed E-state index contributed by atoms with van der Waals surface area (Å²) in [5, 5.41) is 10.7. The van der Waals surface area contributed by atoms with Gasteiger partial charge in [0.2, 0.25) is 0 Å². The highest BCUT2D eigenvalue weighted by molar-refractivity contribution is 6.30. The molecule has 2 aliphatic rings. The van der Waals surface area contributed by atoms with Gasteiger partial charge in [-0.15, -0.1) is 0 Å². The van der Waals surface area contributed by atoms with Gasteiger partial charge in [-0.25, -0.2) is 0 Å².